The number of likely N-dealkylation sites (tertiary alicyclic amines) is 1. The van der Waals surface area contributed by atoms with Crippen molar-refractivity contribution in [2.24, 2.45) is 0 Å². The number of phenols is 1. The van der Waals surface area contributed by atoms with Crippen molar-refractivity contribution >= 4 is 6.03 Å². The van der Waals surface area contributed by atoms with Crippen LogP contribution < -0.4 is 15.4 Å². The number of hydrogen-bond donors (Lipinski definition) is 3. The van der Waals surface area contributed by atoms with Gasteiger partial charge in [-0.2, -0.15) is 0 Å². The lowest BCUT2D eigenvalue weighted by atomic mass is 10.0. The number of nitrogens with zero attached hydrogens (tertiary/aromatic N) is 1. The molecule has 3 N–H and O–H groups in total. The number of ether oxygens (including phenoxy) is 1. The van der Waals surface area contributed by atoms with Crippen LogP contribution in [0.3, 0.4) is 0 Å². The van der Waals surface area contributed by atoms with Gasteiger partial charge in [0.2, 0.25) is 0 Å². The molecule has 0 saturated carbocycles. The predicted octanol–water partition coefficient (Wildman–Crippen LogP) is 3.08. The first-order chi connectivity index (χ1) is 13.1. The summed E-state index contributed by atoms with van der Waals surface area (Å²) in [5.41, 5.74) is 1.32. The lowest BCUT2D eigenvalue weighted by Crippen LogP contribution is -2.50. The number of benzene rings is 2. The SMILES string of the molecule is CC(NC(=O)NC1CCN(Cc2ccccc2)CC1)Oc1ccc(O)cc1. The van der Waals surface area contributed by atoms with Crippen LogP contribution in [0.1, 0.15) is 25.3 Å². The Morgan fingerprint density at radius 3 is 2.48 bits per heavy atom. The van der Waals surface area contributed by atoms with E-state index in [1.807, 2.05) is 6.07 Å². The van der Waals surface area contributed by atoms with E-state index in [1.165, 1.54) is 5.56 Å². The average Bonchev–Trinajstić information content (AvgIpc) is 2.66. The molecule has 1 saturated heterocycles. The van der Waals surface area contributed by atoms with Gasteiger partial charge in [-0.1, -0.05) is 30.3 Å². The zero-order valence-corrected chi connectivity index (χ0v) is 15.6. The number of phenolic OH excluding ortho intramolecular Hbond substituents is 1. The maximum Gasteiger partial charge on any atom is 0.317 e. The van der Waals surface area contributed by atoms with E-state index in [4.69, 9.17) is 4.74 Å². The summed E-state index contributed by atoms with van der Waals surface area (Å²) in [4.78, 5) is 14.6. The molecular formula is C21H27N3O3. The summed E-state index contributed by atoms with van der Waals surface area (Å²) < 4.78 is 5.62. The van der Waals surface area contributed by atoms with E-state index in [1.54, 1.807) is 31.2 Å². The molecule has 3 rings (SSSR count). The van der Waals surface area contributed by atoms with Crippen LogP contribution in [0.5, 0.6) is 11.5 Å². The van der Waals surface area contributed by atoms with Gasteiger partial charge in [0.1, 0.15) is 11.5 Å². The van der Waals surface area contributed by atoms with Gasteiger partial charge in [0.05, 0.1) is 0 Å². The van der Waals surface area contributed by atoms with E-state index in [0.717, 1.165) is 32.5 Å². The summed E-state index contributed by atoms with van der Waals surface area (Å²) in [6.45, 7) is 4.67. The lowest BCUT2D eigenvalue weighted by Gasteiger charge is -2.32. The largest absolute Gasteiger partial charge is 0.508 e. The van der Waals surface area contributed by atoms with Crippen LogP contribution >= 0.6 is 0 Å². The number of nitrogens with one attached hydrogen (secondary N) is 2. The van der Waals surface area contributed by atoms with Gasteiger partial charge >= 0.3 is 6.03 Å². The Kier molecular flexibility index (Phi) is 6.54. The standard InChI is InChI=1S/C21H27N3O3/c1-16(27-20-9-7-19(25)8-10-20)22-21(26)23-18-11-13-24(14-12-18)15-17-5-3-2-4-6-17/h2-10,16,18,25H,11-15H2,1H3,(H2,22,23,26). The van der Waals surface area contributed by atoms with E-state index in [2.05, 4.69) is 39.8 Å². The van der Waals surface area contributed by atoms with Crippen LogP contribution in [-0.4, -0.2) is 41.4 Å². The van der Waals surface area contributed by atoms with Crippen molar-refractivity contribution in [3.8, 4) is 11.5 Å². The smallest absolute Gasteiger partial charge is 0.317 e. The number of rotatable bonds is 6. The van der Waals surface area contributed by atoms with Crippen LogP contribution in [0.15, 0.2) is 54.6 Å². The maximum atomic E-state index is 12.2. The minimum absolute atomic E-state index is 0.179. The molecule has 2 amide bonds. The molecule has 0 radical (unpaired) electrons. The molecule has 1 atom stereocenters. The van der Waals surface area contributed by atoms with Gasteiger partial charge in [0, 0.05) is 25.7 Å². The number of carbonyl (C=O) groups excluding carboxylic acids is 1. The predicted molar refractivity (Wildman–Crippen MR) is 105 cm³/mol. The summed E-state index contributed by atoms with van der Waals surface area (Å²) >= 11 is 0. The van der Waals surface area contributed by atoms with E-state index in [0.29, 0.717) is 5.75 Å². The molecular weight excluding hydrogens is 342 g/mol. The van der Waals surface area contributed by atoms with Crippen molar-refractivity contribution in [1.82, 2.24) is 15.5 Å². The molecule has 0 aromatic heterocycles. The van der Waals surface area contributed by atoms with Gasteiger partial charge in [-0.05, 0) is 49.6 Å². The molecule has 1 fully saturated rings. The molecule has 6 heteroatoms. The fourth-order valence-electron chi connectivity index (χ4n) is 3.25. The first kappa shape index (κ1) is 19.0. The van der Waals surface area contributed by atoms with E-state index < -0.39 is 6.23 Å². The molecule has 0 spiro atoms. The van der Waals surface area contributed by atoms with Crippen molar-refractivity contribution in [3.05, 3.63) is 60.2 Å². The summed E-state index contributed by atoms with van der Waals surface area (Å²) in [6, 6.07) is 16.8. The molecule has 27 heavy (non-hydrogen) atoms. The Morgan fingerprint density at radius 2 is 1.81 bits per heavy atom. The van der Waals surface area contributed by atoms with E-state index in [-0.39, 0.29) is 17.8 Å². The van der Waals surface area contributed by atoms with Gasteiger partial charge < -0.3 is 20.5 Å². The van der Waals surface area contributed by atoms with Gasteiger partial charge in [0.25, 0.3) is 0 Å². The molecule has 1 aliphatic rings. The molecule has 0 aliphatic carbocycles. The van der Waals surface area contributed by atoms with Crippen molar-refractivity contribution in [1.29, 1.82) is 0 Å². The first-order valence-electron chi connectivity index (χ1n) is 9.37. The Bertz CT molecular complexity index is 713. The van der Waals surface area contributed by atoms with Crippen LogP contribution in [0.2, 0.25) is 0 Å². The van der Waals surface area contributed by atoms with Crippen LogP contribution in [0, 0.1) is 0 Å². The monoisotopic (exact) mass is 369 g/mol. The highest BCUT2D eigenvalue weighted by molar-refractivity contribution is 5.74. The zero-order valence-electron chi connectivity index (χ0n) is 15.6. The molecule has 144 valence electrons. The Balaban J connectivity index is 1.37. The molecule has 2 aromatic rings. The molecule has 1 unspecified atom stereocenters. The fraction of sp³-hybridized carbons (Fsp3) is 0.381. The Morgan fingerprint density at radius 1 is 1.15 bits per heavy atom. The highest BCUT2D eigenvalue weighted by atomic mass is 16.5. The van der Waals surface area contributed by atoms with E-state index in [9.17, 15) is 9.90 Å². The number of urea groups is 1. The zero-order chi connectivity index (χ0) is 19.1. The Labute approximate surface area is 160 Å². The molecule has 1 heterocycles. The van der Waals surface area contributed by atoms with Crippen molar-refractivity contribution in [2.45, 2.75) is 38.6 Å². The molecule has 6 nitrogen and oxygen atoms in total. The minimum atomic E-state index is -0.465. The number of hydrogen-bond acceptors (Lipinski definition) is 4. The number of carbonyl (C=O) groups is 1. The van der Waals surface area contributed by atoms with Crippen LogP contribution in [0.4, 0.5) is 4.79 Å². The third-order valence-corrected chi connectivity index (χ3v) is 4.66. The van der Waals surface area contributed by atoms with Crippen molar-refractivity contribution in [2.75, 3.05) is 13.1 Å². The Hall–Kier alpha value is -2.73. The van der Waals surface area contributed by atoms with Gasteiger partial charge in [-0.15, -0.1) is 0 Å². The molecule has 2 aromatic carbocycles. The highest BCUT2D eigenvalue weighted by Crippen LogP contribution is 2.17. The molecule has 1 aliphatic heterocycles. The maximum absolute atomic E-state index is 12.2. The van der Waals surface area contributed by atoms with Crippen molar-refractivity contribution in [3.63, 3.8) is 0 Å². The average molecular weight is 369 g/mol. The second-order valence-electron chi connectivity index (χ2n) is 6.91. The summed E-state index contributed by atoms with van der Waals surface area (Å²) in [5.74, 6) is 0.772. The third-order valence-electron chi connectivity index (χ3n) is 4.66. The minimum Gasteiger partial charge on any atom is -0.508 e. The fourth-order valence-corrected chi connectivity index (χ4v) is 3.25. The lowest BCUT2D eigenvalue weighted by molar-refractivity contribution is 0.164. The topological polar surface area (TPSA) is 73.8 Å². The number of piperidine rings is 1. The van der Waals surface area contributed by atoms with Crippen LogP contribution in [0.25, 0.3) is 0 Å². The van der Waals surface area contributed by atoms with Crippen LogP contribution in [-0.2, 0) is 6.54 Å². The second-order valence-corrected chi connectivity index (χ2v) is 6.91. The normalized spacial score (nSPS) is 16.5. The second kappa shape index (κ2) is 9.28. The van der Waals surface area contributed by atoms with E-state index >= 15 is 0 Å². The first-order valence-corrected chi connectivity index (χ1v) is 9.37. The van der Waals surface area contributed by atoms with Gasteiger partial charge in [-0.3, -0.25) is 4.90 Å². The highest BCUT2D eigenvalue weighted by Gasteiger charge is 2.21. The number of aromatic hydroxyl groups is 1. The van der Waals surface area contributed by atoms with Gasteiger partial charge in [-0.25, -0.2) is 4.79 Å². The quantitative estimate of drug-likeness (QED) is 0.684. The molecule has 0 bridgehead atoms. The number of amides is 2. The third kappa shape index (κ3) is 6.18. The summed E-state index contributed by atoms with van der Waals surface area (Å²) in [7, 11) is 0. The summed E-state index contributed by atoms with van der Waals surface area (Å²) in [6.07, 6.45) is 1.41. The summed E-state index contributed by atoms with van der Waals surface area (Å²) in [5, 5.41) is 15.1. The van der Waals surface area contributed by atoms with Crippen molar-refractivity contribution < 1.29 is 14.6 Å². The van der Waals surface area contributed by atoms with Gasteiger partial charge in [0.15, 0.2) is 6.23 Å².